The predicted octanol–water partition coefficient (Wildman–Crippen LogP) is 2.12. The number of rotatable bonds is 4. The van der Waals surface area contributed by atoms with Crippen molar-refractivity contribution in [2.45, 2.75) is 25.7 Å². The van der Waals surface area contributed by atoms with Crippen LogP contribution in [0.15, 0.2) is 18.2 Å². The number of Topliss-reactive ketones (excluding diaryl/α,β-unsaturated/α-hetero) is 1. The quantitative estimate of drug-likeness (QED) is 0.828. The zero-order valence-corrected chi connectivity index (χ0v) is 10.5. The molecule has 0 amide bonds. The van der Waals surface area contributed by atoms with Crippen LogP contribution in [0.1, 0.15) is 35.2 Å². The third kappa shape index (κ3) is 2.70. The van der Waals surface area contributed by atoms with Crippen LogP contribution in [0.3, 0.4) is 0 Å². The van der Waals surface area contributed by atoms with E-state index < -0.39 is 5.97 Å². The fourth-order valence-corrected chi connectivity index (χ4v) is 2.32. The molecule has 18 heavy (non-hydrogen) atoms. The van der Waals surface area contributed by atoms with Crippen LogP contribution < -0.4 is 4.90 Å². The van der Waals surface area contributed by atoms with Gasteiger partial charge in [-0.2, -0.15) is 0 Å². The topological polar surface area (TPSA) is 57.6 Å². The van der Waals surface area contributed by atoms with E-state index >= 15 is 0 Å². The Morgan fingerprint density at radius 3 is 2.83 bits per heavy atom. The Morgan fingerprint density at radius 2 is 2.11 bits per heavy atom. The molecule has 1 aliphatic heterocycles. The number of carboxylic acid groups (broad SMARTS) is 1. The molecule has 0 radical (unpaired) electrons. The van der Waals surface area contributed by atoms with Crippen molar-refractivity contribution in [3.8, 4) is 0 Å². The lowest BCUT2D eigenvalue weighted by molar-refractivity contribution is -0.136. The Bertz CT molecular complexity index is 482. The number of benzene rings is 1. The van der Waals surface area contributed by atoms with Crippen LogP contribution in [-0.4, -0.2) is 30.5 Å². The van der Waals surface area contributed by atoms with E-state index in [-0.39, 0.29) is 18.6 Å². The maximum Gasteiger partial charge on any atom is 0.303 e. The summed E-state index contributed by atoms with van der Waals surface area (Å²) < 4.78 is 0. The highest BCUT2D eigenvalue weighted by Crippen LogP contribution is 2.27. The fraction of sp³-hybridized carbons (Fsp3) is 0.429. The fourth-order valence-electron chi connectivity index (χ4n) is 2.32. The number of nitrogens with zero attached hydrogens (tertiary/aromatic N) is 1. The smallest absolute Gasteiger partial charge is 0.303 e. The van der Waals surface area contributed by atoms with Gasteiger partial charge in [-0.15, -0.1) is 0 Å². The van der Waals surface area contributed by atoms with Crippen molar-refractivity contribution in [3.63, 3.8) is 0 Å². The molecule has 0 aromatic heterocycles. The highest BCUT2D eigenvalue weighted by atomic mass is 16.4. The lowest BCUT2D eigenvalue weighted by Crippen LogP contribution is -2.24. The molecule has 2 rings (SSSR count). The number of carboxylic acids is 1. The van der Waals surface area contributed by atoms with Crippen molar-refractivity contribution < 1.29 is 14.7 Å². The summed E-state index contributed by atoms with van der Waals surface area (Å²) in [6.07, 6.45) is 2.05. The number of carbonyl (C=O) groups excluding carboxylic acids is 1. The van der Waals surface area contributed by atoms with Gasteiger partial charge < -0.3 is 10.0 Å². The molecule has 0 unspecified atom stereocenters. The van der Waals surface area contributed by atoms with E-state index in [0.29, 0.717) is 5.56 Å². The first-order chi connectivity index (χ1) is 8.58. The van der Waals surface area contributed by atoms with Gasteiger partial charge in [-0.05, 0) is 36.6 Å². The summed E-state index contributed by atoms with van der Waals surface area (Å²) >= 11 is 0. The van der Waals surface area contributed by atoms with Gasteiger partial charge >= 0.3 is 5.97 Å². The summed E-state index contributed by atoms with van der Waals surface area (Å²) in [5.74, 6) is -1.02. The minimum atomic E-state index is -0.930. The normalized spacial score (nSPS) is 14.2. The lowest BCUT2D eigenvalue weighted by Gasteiger charge is -2.27. The van der Waals surface area contributed by atoms with Crippen molar-refractivity contribution >= 4 is 17.4 Å². The van der Waals surface area contributed by atoms with Crippen LogP contribution in [0.4, 0.5) is 5.69 Å². The SMILES string of the molecule is CN1CCCc2cc(C(=O)CCC(=O)O)ccc21. The number of carbonyl (C=O) groups is 2. The first-order valence-corrected chi connectivity index (χ1v) is 6.17. The second-order valence-electron chi connectivity index (χ2n) is 4.69. The molecule has 4 nitrogen and oxygen atoms in total. The molecule has 1 heterocycles. The number of hydrogen-bond acceptors (Lipinski definition) is 3. The predicted molar refractivity (Wildman–Crippen MR) is 69.2 cm³/mol. The Hall–Kier alpha value is -1.84. The Kier molecular flexibility index (Phi) is 3.65. The van der Waals surface area contributed by atoms with Crippen LogP contribution >= 0.6 is 0 Å². The van der Waals surface area contributed by atoms with E-state index in [1.807, 2.05) is 19.2 Å². The van der Waals surface area contributed by atoms with E-state index in [9.17, 15) is 9.59 Å². The monoisotopic (exact) mass is 247 g/mol. The van der Waals surface area contributed by atoms with Crippen LogP contribution in [0.2, 0.25) is 0 Å². The first-order valence-electron chi connectivity index (χ1n) is 6.17. The number of ketones is 1. The molecule has 1 aromatic carbocycles. The summed E-state index contributed by atoms with van der Waals surface area (Å²) in [6.45, 7) is 1.04. The van der Waals surface area contributed by atoms with Crippen LogP contribution in [-0.2, 0) is 11.2 Å². The van der Waals surface area contributed by atoms with Gasteiger partial charge in [0.25, 0.3) is 0 Å². The summed E-state index contributed by atoms with van der Waals surface area (Å²) in [5.41, 5.74) is 2.99. The molecular weight excluding hydrogens is 230 g/mol. The zero-order chi connectivity index (χ0) is 13.1. The van der Waals surface area contributed by atoms with Crippen LogP contribution in [0, 0.1) is 0 Å². The summed E-state index contributed by atoms with van der Waals surface area (Å²) in [4.78, 5) is 24.5. The molecule has 4 heteroatoms. The van der Waals surface area contributed by atoms with Gasteiger partial charge in [0.2, 0.25) is 0 Å². The minimum Gasteiger partial charge on any atom is -0.481 e. The molecule has 0 atom stereocenters. The molecule has 1 aromatic rings. The average Bonchev–Trinajstić information content (AvgIpc) is 2.35. The Balaban J connectivity index is 2.15. The molecule has 1 aliphatic rings. The van der Waals surface area contributed by atoms with Crippen molar-refractivity contribution in [2.24, 2.45) is 0 Å². The molecule has 0 saturated carbocycles. The second-order valence-corrected chi connectivity index (χ2v) is 4.69. The molecule has 0 spiro atoms. The standard InChI is InChI=1S/C14H17NO3/c1-15-8-2-3-10-9-11(4-5-12(10)15)13(16)6-7-14(17)18/h4-5,9H,2-3,6-8H2,1H3,(H,17,18). The van der Waals surface area contributed by atoms with E-state index in [1.54, 1.807) is 6.07 Å². The van der Waals surface area contributed by atoms with Gasteiger partial charge in [0.15, 0.2) is 5.78 Å². The van der Waals surface area contributed by atoms with Gasteiger partial charge in [-0.3, -0.25) is 9.59 Å². The number of anilines is 1. The highest BCUT2D eigenvalue weighted by Gasteiger charge is 2.16. The van der Waals surface area contributed by atoms with E-state index in [1.165, 1.54) is 11.3 Å². The summed E-state index contributed by atoms with van der Waals surface area (Å²) in [6, 6.07) is 5.67. The Labute approximate surface area is 106 Å². The third-order valence-electron chi connectivity index (χ3n) is 3.32. The molecule has 0 saturated heterocycles. The first kappa shape index (κ1) is 12.6. The van der Waals surface area contributed by atoms with E-state index in [2.05, 4.69) is 4.90 Å². The van der Waals surface area contributed by atoms with E-state index in [0.717, 1.165) is 19.4 Å². The number of fused-ring (bicyclic) bond motifs is 1. The largest absolute Gasteiger partial charge is 0.481 e. The Morgan fingerprint density at radius 1 is 1.33 bits per heavy atom. The molecule has 1 N–H and O–H groups in total. The summed E-state index contributed by atoms with van der Waals surface area (Å²) in [7, 11) is 2.05. The van der Waals surface area contributed by atoms with E-state index in [4.69, 9.17) is 5.11 Å². The van der Waals surface area contributed by atoms with Crippen LogP contribution in [0.25, 0.3) is 0 Å². The molecule has 96 valence electrons. The van der Waals surface area contributed by atoms with Gasteiger partial charge in [-0.25, -0.2) is 0 Å². The summed E-state index contributed by atoms with van der Waals surface area (Å²) in [5, 5.41) is 8.58. The average molecular weight is 247 g/mol. The second kappa shape index (κ2) is 5.21. The third-order valence-corrected chi connectivity index (χ3v) is 3.32. The number of hydrogen-bond donors (Lipinski definition) is 1. The number of aryl methyl sites for hydroxylation is 1. The molecule has 0 fully saturated rings. The van der Waals surface area contributed by atoms with Crippen molar-refractivity contribution in [3.05, 3.63) is 29.3 Å². The minimum absolute atomic E-state index is 0.0734. The maximum absolute atomic E-state index is 11.8. The van der Waals surface area contributed by atoms with Crippen molar-refractivity contribution in [1.29, 1.82) is 0 Å². The van der Waals surface area contributed by atoms with Gasteiger partial charge in [-0.1, -0.05) is 0 Å². The lowest BCUT2D eigenvalue weighted by atomic mass is 9.97. The molecule has 0 bridgehead atoms. The molecule has 0 aliphatic carbocycles. The van der Waals surface area contributed by atoms with Gasteiger partial charge in [0, 0.05) is 31.3 Å². The highest BCUT2D eigenvalue weighted by molar-refractivity contribution is 5.98. The van der Waals surface area contributed by atoms with Crippen molar-refractivity contribution in [2.75, 3.05) is 18.5 Å². The van der Waals surface area contributed by atoms with Gasteiger partial charge in [0.05, 0.1) is 6.42 Å². The molecular formula is C14H17NO3. The van der Waals surface area contributed by atoms with Crippen molar-refractivity contribution in [1.82, 2.24) is 0 Å². The maximum atomic E-state index is 11.8. The number of aliphatic carboxylic acids is 1. The van der Waals surface area contributed by atoms with Gasteiger partial charge in [0.1, 0.15) is 0 Å². The zero-order valence-electron chi connectivity index (χ0n) is 10.5. The van der Waals surface area contributed by atoms with Crippen LogP contribution in [0.5, 0.6) is 0 Å².